The van der Waals surface area contributed by atoms with Crippen molar-refractivity contribution < 1.29 is 9.22 Å². The number of Topliss-reactive ketones (excluding diaryl/α,β-unsaturated/α-hetero) is 1. The van der Waals surface area contributed by atoms with Gasteiger partial charge < -0.3 is 9.22 Å². The van der Waals surface area contributed by atoms with Crippen LogP contribution in [-0.2, 0) is 9.22 Å². The lowest BCUT2D eigenvalue weighted by atomic mass is 9.93. The Morgan fingerprint density at radius 2 is 1.23 bits per heavy atom. The van der Waals surface area contributed by atoms with Gasteiger partial charge in [0.05, 0.1) is 6.10 Å². The second-order valence-electron chi connectivity index (χ2n) is 9.50. The van der Waals surface area contributed by atoms with Crippen LogP contribution in [-0.4, -0.2) is 14.1 Å². The zero-order valence-corrected chi connectivity index (χ0v) is 20.3. The maximum absolute atomic E-state index is 12.0. The Bertz CT molecular complexity index is 923. The fourth-order valence-electron chi connectivity index (χ4n) is 4.60. The molecule has 0 aromatic heterocycles. The van der Waals surface area contributed by atoms with E-state index < -0.39 is 8.32 Å². The molecule has 3 aromatic rings. The summed E-state index contributed by atoms with van der Waals surface area (Å²) in [5.41, 5.74) is 1.13. The van der Waals surface area contributed by atoms with Crippen LogP contribution in [0.15, 0.2) is 91.0 Å². The molecule has 0 bridgehead atoms. The molecule has 0 unspecified atom stereocenters. The normalized spacial score (nSPS) is 14.1. The predicted molar refractivity (Wildman–Crippen MR) is 132 cm³/mol. The Morgan fingerprint density at radius 3 is 1.61 bits per heavy atom. The average molecular weight is 431 g/mol. The molecule has 0 fully saturated rings. The number of benzene rings is 3. The first-order chi connectivity index (χ1) is 14.8. The summed E-state index contributed by atoms with van der Waals surface area (Å²) in [4.78, 5) is 12.0. The molecule has 2 atom stereocenters. The van der Waals surface area contributed by atoms with Crippen molar-refractivity contribution in [3.05, 3.63) is 96.6 Å². The highest BCUT2D eigenvalue weighted by atomic mass is 28.4. The Balaban J connectivity index is 2.23. The number of hydrogen-bond acceptors (Lipinski definition) is 2. The molecular weight excluding hydrogens is 396 g/mol. The van der Waals surface area contributed by atoms with Gasteiger partial charge in [-0.25, -0.2) is 0 Å². The quantitative estimate of drug-likeness (QED) is 0.415. The van der Waals surface area contributed by atoms with Gasteiger partial charge >= 0.3 is 0 Å². The maximum Gasteiger partial charge on any atom is 0.261 e. The first-order valence-electron chi connectivity index (χ1n) is 11.1. The van der Waals surface area contributed by atoms with Crippen molar-refractivity contribution in [3.8, 4) is 0 Å². The van der Waals surface area contributed by atoms with E-state index in [1.54, 1.807) is 6.92 Å². The molecule has 0 spiro atoms. The fraction of sp³-hybridized carbons (Fsp3) is 0.321. The number of rotatable bonds is 8. The molecule has 3 rings (SSSR count). The minimum atomic E-state index is -2.72. The second kappa shape index (κ2) is 9.76. The standard InChI is InChI=1S/C28H34O2Si/c1-22(21-23(2)29)27(24-15-9-6-10-16-24)30-31(28(3,4)5,25-17-11-7-12-18-25)26-19-13-8-14-20-26/h6-20,22,27H,21H2,1-5H3/t22-,27-/m1/s1. The summed E-state index contributed by atoms with van der Waals surface area (Å²) in [5.74, 6) is 0.265. The van der Waals surface area contributed by atoms with Gasteiger partial charge in [-0.2, -0.15) is 0 Å². The number of carbonyl (C=O) groups is 1. The van der Waals surface area contributed by atoms with Crippen LogP contribution in [0.1, 0.15) is 52.7 Å². The van der Waals surface area contributed by atoms with Gasteiger partial charge in [-0.1, -0.05) is 119 Å². The number of carbonyl (C=O) groups excluding carboxylic acids is 1. The van der Waals surface area contributed by atoms with Gasteiger partial charge in [-0.15, -0.1) is 0 Å². The van der Waals surface area contributed by atoms with Crippen LogP contribution in [0, 0.1) is 5.92 Å². The van der Waals surface area contributed by atoms with Crippen LogP contribution in [0.3, 0.4) is 0 Å². The van der Waals surface area contributed by atoms with Crippen molar-refractivity contribution in [1.82, 2.24) is 0 Å². The summed E-state index contributed by atoms with van der Waals surface area (Å²) < 4.78 is 7.41. The van der Waals surface area contributed by atoms with Gasteiger partial charge in [-0.05, 0) is 33.8 Å². The van der Waals surface area contributed by atoms with Crippen LogP contribution < -0.4 is 10.4 Å². The molecule has 2 nitrogen and oxygen atoms in total. The minimum Gasteiger partial charge on any atom is -0.400 e. The molecule has 3 aromatic carbocycles. The Morgan fingerprint density at radius 1 is 0.806 bits per heavy atom. The highest BCUT2D eigenvalue weighted by Crippen LogP contribution is 2.42. The van der Waals surface area contributed by atoms with E-state index in [2.05, 4.69) is 113 Å². The lowest BCUT2D eigenvalue weighted by Crippen LogP contribution is -2.67. The highest BCUT2D eigenvalue weighted by molar-refractivity contribution is 6.99. The van der Waals surface area contributed by atoms with Crippen LogP contribution in [0.4, 0.5) is 0 Å². The number of hydrogen-bond donors (Lipinski definition) is 0. The molecule has 0 saturated heterocycles. The SMILES string of the molecule is CC(=O)C[C@@H](C)[C@@H](O[Si](c1ccccc1)(c1ccccc1)C(C)(C)C)c1ccccc1. The molecule has 0 heterocycles. The van der Waals surface area contributed by atoms with Crippen molar-refractivity contribution in [2.75, 3.05) is 0 Å². The predicted octanol–water partition coefficient (Wildman–Crippen LogP) is 5.92. The van der Waals surface area contributed by atoms with E-state index in [4.69, 9.17) is 4.43 Å². The zero-order chi connectivity index (χ0) is 22.5. The van der Waals surface area contributed by atoms with Gasteiger partial charge in [0.25, 0.3) is 8.32 Å². The van der Waals surface area contributed by atoms with E-state index >= 15 is 0 Å². The van der Waals surface area contributed by atoms with Crippen molar-refractivity contribution in [2.45, 2.75) is 52.2 Å². The van der Waals surface area contributed by atoms with E-state index in [1.165, 1.54) is 10.4 Å². The second-order valence-corrected chi connectivity index (χ2v) is 13.7. The first-order valence-corrected chi connectivity index (χ1v) is 13.0. The van der Waals surface area contributed by atoms with Gasteiger partial charge in [0.2, 0.25) is 0 Å². The molecule has 0 aliphatic carbocycles. The van der Waals surface area contributed by atoms with Crippen LogP contribution in [0.25, 0.3) is 0 Å². The molecule has 31 heavy (non-hydrogen) atoms. The molecule has 162 valence electrons. The van der Waals surface area contributed by atoms with Crippen LogP contribution in [0.2, 0.25) is 5.04 Å². The highest BCUT2D eigenvalue weighted by Gasteiger charge is 2.52. The number of ketones is 1. The summed E-state index contributed by atoms with van der Waals surface area (Å²) in [6.07, 6.45) is 0.328. The Labute approximate surface area is 188 Å². The van der Waals surface area contributed by atoms with E-state index in [9.17, 15) is 4.79 Å². The third kappa shape index (κ3) is 5.05. The monoisotopic (exact) mass is 430 g/mol. The van der Waals surface area contributed by atoms with E-state index in [0.717, 1.165) is 5.56 Å². The molecule has 0 saturated carbocycles. The van der Waals surface area contributed by atoms with E-state index in [1.807, 2.05) is 6.07 Å². The van der Waals surface area contributed by atoms with Gasteiger partial charge in [0, 0.05) is 6.42 Å². The third-order valence-electron chi connectivity index (χ3n) is 5.97. The fourth-order valence-corrected chi connectivity index (χ4v) is 9.36. The molecule has 3 heteroatoms. The maximum atomic E-state index is 12.0. The van der Waals surface area contributed by atoms with Crippen molar-refractivity contribution in [1.29, 1.82) is 0 Å². The molecule has 0 aliphatic rings. The molecule has 0 aliphatic heterocycles. The molecule has 0 radical (unpaired) electrons. The largest absolute Gasteiger partial charge is 0.400 e. The van der Waals surface area contributed by atoms with Gasteiger partial charge in [-0.3, -0.25) is 0 Å². The molecule has 0 amide bonds. The van der Waals surface area contributed by atoms with Crippen LogP contribution in [0.5, 0.6) is 0 Å². The lowest BCUT2D eigenvalue weighted by molar-refractivity contribution is -0.118. The third-order valence-corrected chi connectivity index (χ3v) is 11.0. The van der Waals surface area contributed by atoms with Crippen LogP contribution >= 0.6 is 0 Å². The van der Waals surface area contributed by atoms with E-state index in [-0.39, 0.29) is 22.8 Å². The summed E-state index contributed by atoms with van der Waals surface area (Å²) in [6, 6.07) is 31.8. The van der Waals surface area contributed by atoms with Crippen molar-refractivity contribution in [2.24, 2.45) is 5.92 Å². The topological polar surface area (TPSA) is 26.3 Å². The summed E-state index contributed by atoms with van der Waals surface area (Å²) >= 11 is 0. The van der Waals surface area contributed by atoms with Gasteiger partial charge in [0.15, 0.2) is 0 Å². The summed E-state index contributed by atoms with van der Waals surface area (Å²) in [6.45, 7) is 10.7. The average Bonchev–Trinajstić information content (AvgIpc) is 2.75. The molecular formula is C28H34O2Si. The first kappa shape index (κ1) is 23.2. The Kier molecular flexibility index (Phi) is 7.29. The van der Waals surface area contributed by atoms with Crippen molar-refractivity contribution >= 4 is 24.5 Å². The lowest BCUT2D eigenvalue weighted by Gasteiger charge is -2.46. The van der Waals surface area contributed by atoms with Gasteiger partial charge in [0.1, 0.15) is 5.78 Å². The smallest absolute Gasteiger partial charge is 0.261 e. The van der Waals surface area contributed by atoms with E-state index in [0.29, 0.717) is 6.42 Å². The zero-order valence-electron chi connectivity index (χ0n) is 19.3. The molecule has 0 N–H and O–H groups in total. The summed E-state index contributed by atoms with van der Waals surface area (Å²) in [7, 11) is -2.72. The Hall–Kier alpha value is -2.49. The van der Waals surface area contributed by atoms with Crippen molar-refractivity contribution in [3.63, 3.8) is 0 Å². The summed E-state index contributed by atoms with van der Waals surface area (Å²) in [5, 5.41) is 2.40. The minimum absolute atomic E-state index is 0.0709.